The van der Waals surface area contributed by atoms with E-state index in [4.69, 9.17) is 16.2 Å². The van der Waals surface area contributed by atoms with Crippen LogP contribution in [0, 0.1) is 6.92 Å². The van der Waals surface area contributed by atoms with Crippen molar-refractivity contribution in [2.45, 2.75) is 13.5 Å². The van der Waals surface area contributed by atoms with Crippen LogP contribution in [0.2, 0.25) is 0 Å². The van der Waals surface area contributed by atoms with Gasteiger partial charge in [-0.3, -0.25) is 9.59 Å². The van der Waals surface area contributed by atoms with Crippen LogP contribution < -0.4 is 21.5 Å². The number of nitrogens with zero attached hydrogens (tertiary/aromatic N) is 2. The number of methoxy groups -OCH3 is 1. The minimum atomic E-state index is -0.653. The van der Waals surface area contributed by atoms with Gasteiger partial charge in [-0.2, -0.15) is 5.10 Å². The molecular weight excluding hydrogens is 430 g/mol. The molecule has 0 unspecified atom stereocenters. The number of nitrogens with two attached hydrogens (primary N) is 2. The molecule has 4 aromatic rings. The molecule has 0 atom stereocenters. The molecular formula is C26H25N5O3. The quantitative estimate of drug-likeness (QED) is 0.393. The number of anilines is 1. The maximum atomic E-state index is 12.5. The van der Waals surface area contributed by atoms with Gasteiger partial charge in [0.15, 0.2) is 0 Å². The zero-order valence-corrected chi connectivity index (χ0v) is 18.9. The van der Waals surface area contributed by atoms with Crippen molar-refractivity contribution in [3.8, 4) is 22.7 Å². The molecule has 3 aromatic carbocycles. The molecule has 172 valence electrons. The minimum absolute atomic E-state index is 0.165. The van der Waals surface area contributed by atoms with Crippen molar-refractivity contribution in [1.29, 1.82) is 0 Å². The molecule has 5 N–H and O–H groups in total. The monoisotopic (exact) mass is 455 g/mol. The molecule has 0 aliphatic carbocycles. The summed E-state index contributed by atoms with van der Waals surface area (Å²) in [7, 11) is 1.53. The van der Waals surface area contributed by atoms with Crippen molar-refractivity contribution in [3.05, 3.63) is 95.1 Å². The van der Waals surface area contributed by atoms with Crippen LogP contribution in [0.15, 0.2) is 72.8 Å². The van der Waals surface area contributed by atoms with E-state index < -0.39 is 5.91 Å². The summed E-state index contributed by atoms with van der Waals surface area (Å²) < 4.78 is 6.76. The molecule has 1 heterocycles. The van der Waals surface area contributed by atoms with E-state index in [0.717, 1.165) is 16.8 Å². The van der Waals surface area contributed by atoms with E-state index in [1.54, 1.807) is 18.2 Å². The molecule has 0 saturated heterocycles. The normalized spacial score (nSPS) is 10.6. The van der Waals surface area contributed by atoms with Crippen molar-refractivity contribution >= 4 is 17.6 Å². The highest BCUT2D eigenvalue weighted by molar-refractivity contribution is 6.03. The summed E-state index contributed by atoms with van der Waals surface area (Å²) in [4.78, 5) is 24.7. The molecule has 0 fully saturated rings. The van der Waals surface area contributed by atoms with Crippen molar-refractivity contribution < 1.29 is 14.3 Å². The number of para-hydroxylation sites is 1. The second-order valence-corrected chi connectivity index (χ2v) is 7.80. The molecule has 34 heavy (non-hydrogen) atoms. The maximum Gasteiger partial charge on any atom is 0.255 e. The van der Waals surface area contributed by atoms with Crippen LogP contribution in [0.25, 0.3) is 16.9 Å². The van der Waals surface area contributed by atoms with E-state index >= 15 is 0 Å². The van der Waals surface area contributed by atoms with E-state index in [1.165, 1.54) is 11.8 Å². The van der Waals surface area contributed by atoms with Gasteiger partial charge in [0.05, 0.1) is 18.4 Å². The molecule has 0 aliphatic rings. The van der Waals surface area contributed by atoms with Crippen LogP contribution >= 0.6 is 0 Å². The van der Waals surface area contributed by atoms with E-state index in [2.05, 4.69) is 10.4 Å². The third-order valence-corrected chi connectivity index (χ3v) is 5.45. The fourth-order valence-electron chi connectivity index (χ4n) is 3.72. The molecule has 2 amide bonds. The number of hydrogen-bond donors (Lipinski definition) is 3. The zero-order valence-electron chi connectivity index (χ0n) is 18.9. The van der Waals surface area contributed by atoms with Crippen LogP contribution in [-0.2, 0) is 6.54 Å². The Balaban J connectivity index is 1.57. The van der Waals surface area contributed by atoms with Gasteiger partial charge in [-0.05, 0) is 42.3 Å². The number of ether oxygens (including phenoxy) is 1. The predicted octanol–water partition coefficient (Wildman–Crippen LogP) is 3.47. The number of carbonyl (C=O) groups is 2. The third-order valence-electron chi connectivity index (χ3n) is 5.45. The zero-order chi connectivity index (χ0) is 24.2. The number of rotatable bonds is 7. The predicted molar refractivity (Wildman–Crippen MR) is 131 cm³/mol. The van der Waals surface area contributed by atoms with Crippen LogP contribution in [0.5, 0.6) is 5.75 Å². The van der Waals surface area contributed by atoms with Gasteiger partial charge < -0.3 is 21.5 Å². The Morgan fingerprint density at radius 2 is 1.76 bits per heavy atom. The van der Waals surface area contributed by atoms with Crippen molar-refractivity contribution in [2.75, 3.05) is 12.8 Å². The van der Waals surface area contributed by atoms with Crippen molar-refractivity contribution in [3.63, 3.8) is 0 Å². The lowest BCUT2D eigenvalue weighted by atomic mass is 10.0. The second-order valence-electron chi connectivity index (χ2n) is 7.80. The minimum Gasteiger partial charge on any atom is -0.496 e. The standard InChI is InChI=1S/C26H25N5O3/c1-16-6-5-7-19(14-16)31-24(27)22(25(28)32)23(30-31)18-12-10-17(11-13-18)15-29-26(33)20-8-3-4-9-21(20)34-2/h3-14H,15,27H2,1-2H3,(H2,28,32)(H,29,33). The molecule has 0 saturated carbocycles. The highest BCUT2D eigenvalue weighted by Crippen LogP contribution is 2.29. The molecule has 4 rings (SSSR count). The van der Waals surface area contributed by atoms with E-state index in [1.807, 2.05) is 61.5 Å². The summed E-state index contributed by atoms with van der Waals surface area (Å²) in [6, 6.07) is 22.0. The molecule has 0 spiro atoms. The van der Waals surface area contributed by atoms with Crippen molar-refractivity contribution in [1.82, 2.24) is 15.1 Å². The lowest BCUT2D eigenvalue weighted by Crippen LogP contribution is -2.23. The van der Waals surface area contributed by atoms with Crippen LogP contribution in [0.1, 0.15) is 31.8 Å². The van der Waals surface area contributed by atoms with Gasteiger partial charge in [-0.25, -0.2) is 4.68 Å². The van der Waals surface area contributed by atoms with Crippen LogP contribution in [0.3, 0.4) is 0 Å². The number of nitrogen functional groups attached to an aromatic ring is 1. The number of amides is 2. The maximum absolute atomic E-state index is 12.5. The topological polar surface area (TPSA) is 125 Å². The smallest absolute Gasteiger partial charge is 0.255 e. The third kappa shape index (κ3) is 4.47. The lowest BCUT2D eigenvalue weighted by Gasteiger charge is -2.09. The first-order valence-electron chi connectivity index (χ1n) is 10.6. The molecule has 0 aliphatic heterocycles. The van der Waals surface area contributed by atoms with Crippen molar-refractivity contribution in [2.24, 2.45) is 5.73 Å². The Morgan fingerprint density at radius 1 is 1.03 bits per heavy atom. The summed E-state index contributed by atoms with van der Waals surface area (Å²) >= 11 is 0. The Bertz CT molecular complexity index is 1360. The summed E-state index contributed by atoms with van der Waals surface area (Å²) in [6.07, 6.45) is 0. The average molecular weight is 456 g/mol. The van der Waals surface area contributed by atoms with Gasteiger partial charge in [0.2, 0.25) is 0 Å². The summed E-state index contributed by atoms with van der Waals surface area (Å²) in [6.45, 7) is 2.28. The number of hydrogen-bond acceptors (Lipinski definition) is 5. The van der Waals surface area contributed by atoms with Crippen LogP contribution in [0.4, 0.5) is 5.82 Å². The van der Waals surface area contributed by atoms with Gasteiger partial charge in [0, 0.05) is 12.1 Å². The lowest BCUT2D eigenvalue weighted by molar-refractivity contribution is 0.0946. The number of carbonyl (C=O) groups excluding carboxylic acids is 2. The van der Waals surface area contributed by atoms with Gasteiger partial charge in [-0.1, -0.05) is 48.5 Å². The Labute approximate surface area is 197 Å². The average Bonchev–Trinajstić information content (AvgIpc) is 3.20. The van der Waals surface area contributed by atoms with Gasteiger partial charge in [0.25, 0.3) is 11.8 Å². The molecule has 8 heteroatoms. The van der Waals surface area contributed by atoms with Gasteiger partial charge in [-0.15, -0.1) is 0 Å². The first kappa shape index (κ1) is 22.6. The summed E-state index contributed by atoms with van der Waals surface area (Å²) in [5.74, 6) is -0.195. The SMILES string of the molecule is COc1ccccc1C(=O)NCc1ccc(-c2nn(-c3cccc(C)c3)c(N)c2C(N)=O)cc1. The van der Waals surface area contributed by atoms with Crippen LogP contribution in [-0.4, -0.2) is 28.7 Å². The van der Waals surface area contributed by atoms with Gasteiger partial charge in [0.1, 0.15) is 22.8 Å². The van der Waals surface area contributed by atoms with Gasteiger partial charge >= 0.3 is 0 Å². The Hall–Kier alpha value is -4.59. The fourth-order valence-corrected chi connectivity index (χ4v) is 3.72. The number of nitrogens with one attached hydrogen (secondary N) is 1. The number of aromatic nitrogens is 2. The largest absolute Gasteiger partial charge is 0.496 e. The van der Waals surface area contributed by atoms with E-state index in [-0.39, 0.29) is 17.3 Å². The number of primary amides is 1. The molecule has 0 bridgehead atoms. The first-order chi connectivity index (χ1) is 16.4. The molecule has 1 aromatic heterocycles. The highest BCUT2D eigenvalue weighted by Gasteiger charge is 2.22. The number of aryl methyl sites for hydroxylation is 1. The fraction of sp³-hybridized carbons (Fsp3) is 0.115. The summed E-state index contributed by atoms with van der Waals surface area (Å²) in [5.41, 5.74) is 16.3. The molecule has 8 nitrogen and oxygen atoms in total. The first-order valence-corrected chi connectivity index (χ1v) is 10.6. The summed E-state index contributed by atoms with van der Waals surface area (Å²) in [5, 5.41) is 7.47. The van der Waals surface area contributed by atoms with E-state index in [9.17, 15) is 9.59 Å². The molecule has 0 radical (unpaired) electrons. The Morgan fingerprint density at radius 3 is 2.44 bits per heavy atom. The Kier molecular flexibility index (Phi) is 6.31. The second kappa shape index (κ2) is 9.50. The highest BCUT2D eigenvalue weighted by atomic mass is 16.5. The van der Waals surface area contributed by atoms with E-state index in [0.29, 0.717) is 29.1 Å². The number of benzene rings is 3.